The maximum absolute atomic E-state index is 13.1. The number of nitrogens with one attached hydrogen (secondary N) is 1. The molecule has 1 aromatic carbocycles. The number of hydrogen-bond donors (Lipinski definition) is 2. The average molecular weight is 320 g/mol. The number of aliphatic carboxylic acids is 1. The van der Waals surface area contributed by atoms with Gasteiger partial charge in [0.2, 0.25) is 0 Å². The maximum atomic E-state index is 13.1. The van der Waals surface area contributed by atoms with Crippen molar-refractivity contribution in [3.05, 3.63) is 47.5 Å². The van der Waals surface area contributed by atoms with Gasteiger partial charge in [-0.05, 0) is 23.6 Å². The van der Waals surface area contributed by atoms with Crippen molar-refractivity contribution in [1.82, 2.24) is 20.3 Å². The molecule has 0 fully saturated rings. The van der Waals surface area contributed by atoms with Crippen LogP contribution in [0.1, 0.15) is 29.4 Å². The van der Waals surface area contributed by atoms with E-state index in [1.807, 2.05) is 0 Å². The van der Waals surface area contributed by atoms with Gasteiger partial charge in [0.05, 0.1) is 12.7 Å². The minimum Gasteiger partial charge on any atom is -0.481 e. The van der Waals surface area contributed by atoms with Crippen LogP contribution in [0.5, 0.6) is 0 Å². The number of amides is 1. The standard InChI is InChI=1S/C15H17FN4O3/c1-10(5-14(21)22)7-17-15(23)13-9-20(19-18-13)8-11-3-2-4-12(16)6-11/h2-4,6,9-10H,5,7-8H2,1H3,(H,17,23)(H,21,22). The zero-order chi connectivity index (χ0) is 16.8. The monoisotopic (exact) mass is 320 g/mol. The molecule has 8 heteroatoms. The highest BCUT2D eigenvalue weighted by Gasteiger charge is 2.13. The quantitative estimate of drug-likeness (QED) is 0.801. The van der Waals surface area contributed by atoms with Crippen LogP contribution in [0.3, 0.4) is 0 Å². The Morgan fingerprint density at radius 2 is 2.22 bits per heavy atom. The second kappa shape index (κ2) is 7.48. The highest BCUT2D eigenvalue weighted by atomic mass is 19.1. The SMILES string of the molecule is CC(CNC(=O)c1cn(Cc2cccc(F)c2)nn1)CC(=O)O. The molecule has 2 N–H and O–H groups in total. The van der Waals surface area contributed by atoms with E-state index in [0.29, 0.717) is 12.1 Å². The number of halogens is 1. The van der Waals surface area contributed by atoms with Gasteiger partial charge >= 0.3 is 5.97 Å². The number of benzene rings is 1. The van der Waals surface area contributed by atoms with E-state index in [1.165, 1.54) is 23.0 Å². The molecule has 122 valence electrons. The third-order valence-corrected chi connectivity index (χ3v) is 3.14. The van der Waals surface area contributed by atoms with E-state index in [-0.39, 0.29) is 30.4 Å². The molecule has 0 saturated carbocycles. The Bertz CT molecular complexity index is 702. The molecule has 0 saturated heterocycles. The number of aromatic nitrogens is 3. The number of hydrogen-bond acceptors (Lipinski definition) is 4. The van der Waals surface area contributed by atoms with Crippen molar-refractivity contribution in [2.45, 2.75) is 19.9 Å². The summed E-state index contributed by atoms with van der Waals surface area (Å²) in [5.41, 5.74) is 0.834. The summed E-state index contributed by atoms with van der Waals surface area (Å²) >= 11 is 0. The first kappa shape index (κ1) is 16.6. The summed E-state index contributed by atoms with van der Waals surface area (Å²) in [4.78, 5) is 22.5. The third-order valence-electron chi connectivity index (χ3n) is 3.14. The lowest BCUT2D eigenvalue weighted by Crippen LogP contribution is -2.29. The van der Waals surface area contributed by atoms with E-state index in [4.69, 9.17) is 5.11 Å². The Balaban J connectivity index is 1.91. The Morgan fingerprint density at radius 3 is 2.91 bits per heavy atom. The molecule has 2 aromatic rings. The van der Waals surface area contributed by atoms with Gasteiger partial charge in [0.25, 0.3) is 5.91 Å². The van der Waals surface area contributed by atoms with Crippen molar-refractivity contribution in [3.63, 3.8) is 0 Å². The minimum atomic E-state index is -0.909. The van der Waals surface area contributed by atoms with E-state index in [1.54, 1.807) is 19.1 Å². The fourth-order valence-electron chi connectivity index (χ4n) is 2.03. The van der Waals surface area contributed by atoms with Crippen LogP contribution in [0, 0.1) is 11.7 Å². The molecule has 7 nitrogen and oxygen atoms in total. The highest BCUT2D eigenvalue weighted by Crippen LogP contribution is 2.06. The summed E-state index contributed by atoms with van der Waals surface area (Å²) in [5.74, 6) is -1.85. The number of carbonyl (C=O) groups is 2. The van der Waals surface area contributed by atoms with Gasteiger partial charge in [-0.25, -0.2) is 9.07 Å². The molecular formula is C15H17FN4O3. The van der Waals surface area contributed by atoms with Gasteiger partial charge in [-0.1, -0.05) is 24.3 Å². The number of carbonyl (C=O) groups excluding carboxylic acids is 1. The lowest BCUT2D eigenvalue weighted by molar-refractivity contribution is -0.137. The maximum Gasteiger partial charge on any atom is 0.303 e. The third kappa shape index (κ3) is 5.17. The fourth-order valence-corrected chi connectivity index (χ4v) is 2.03. The predicted molar refractivity (Wildman–Crippen MR) is 79.3 cm³/mol. The molecule has 0 aliphatic heterocycles. The number of carboxylic acid groups (broad SMARTS) is 1. The molecule has 2 rings (SSSR count). The zero-order valence-corrected chi connectivity index (χ0v) is 12.6. The fraction of sp³-hybridized carbons (Fsp3) is 0.333. The van der Waals surface area contributed by atoms with E-state index in [2.05, 4.69) is 15.6 Å². The molecule has 1 amide bonds. The van der Waals surface area contributed by atoms with Gasteiger partial charge in [0.15, 0.2) is 5.69 Å². The first-order valence-corrected chi connectivity index (χ1v) is 7.08. The average Bonchev–Trinajstić information content (AvgIpc) is 2.92. The summed E-state index contributed by atoms with van der Waals surface area (Å²) in [7, 11) is 0. The van der Waals surface area contributed by atoms with Gasteiger partial charge in [0, 0.05) is 13.0 Å². The molecule has 23 heavy (non-hydrogen) atoms. The molecule has 1 atom stereocenters. The molecule has 0 aliphatic rings. The normalized spacial score (nSPS) is 11.9. The summed E-state index contributed by atoms with van der Waals surface area (Å²) in [5, 5.41) is 18.9. The molecule has 1 unspecified atom stereocenters. The summed E-state index contributed by atoms with van der Waals surface area (Å²) in [6.07, 6.45) is 1.44. The van der Waals surface area contributed by atoms with Crippen LogP contribution in [-0.2, 0) is 11.3 Å². The van der Waals surface area contributed by atoms with Crippen LogP contribution in [0.4, 0.5) is 4.39 Å². The van der Waals surface area contributed by atoms with Gasteiger partial charge in [-0.3, -0.25) is 9.59 Å². The van der Waals surface area contributed by atoms with E-state index < -0.39 is 11.9 Å². The van der Waals surface area contributed by atoms with Crippen molar-refractivity contribution < 1.29 is 19.1 Å². The Labute approximate surface area is 132 Å². The molecule has 0 bridgehead atoms. The van der Waals surface area contributed by atoms with Gasteiger partial charge in [-0.15, -0.1) is 5.10 Å². The molecule has 0 aliphatic carbocycles. The predicted octanol–water partition coefficient (Wildman–Crippen LogP) is 1.31. The van der Waals surface area contributed by atoms with Crippen LogP contribution < -0.4 is 5.32 Å². The second-order valence-electron chi connectivity index (χ2n) is 5.34. The van der Waals surface area contributed by atoms with Crippen molar-refractivity contribution >= 4 is 11.9 Å². The lowest BCUT2D eigenvalue weighted by Gasteiger charge is -2.08. The Morgan fingerprint density at radius 1 is 1.43 bits per heavy atom. The van der Waals surface area contributed by atoms with Crippen molar-refractivity contribution in [3.8, 4) is 0 Å². The number of nitrogens with zero attached hydrogens (tertiary/aromatic N) is 3. The number of rotatable bonds is 7. The lowest BCUT2D eigenvalue weighted by atomic mass is 10.1. The largest absolute Gasteiger partial charge is 0.481 e. The summed E-state index contributed by atoms with van der Waals surface area (Å²) in [6.45, 7) is 2.27. The zero-order valence-electron chi connectivity index (χ0n) is 12.6. The van der Waals surface area contributed by atoms with E-state index in [9.17, 15) is 14.0 Å². The Kier molecular flexibility index (Phi) is 5.40. The first-order valence-electron chi connectivity index (χ1n) is 7.08. The molecular weight excluding hydrogens is 303 g/mol. The molecule has 0 radical (unpaired) electrons. The first-order chi connectivity index (χ1) is 10.9. The molecule has 0 spiro atoms. The summed E-state index contributed by atoms with van der Waals surface area (Å²) in [6, 6.07) is 6.08. The second-order valence-corrected chi connectivity index (χ2v) is 5.34. The van der Waals surface area contributed by atoms with Crippen LogP contribution in [0.15, 0.2) is 30.5 Å². The van der Waals surface area contributed by atoms with E-state index in [0.717, 1.165) is 0 Å². The van der Waals surface area contributed by atoms with Crippen molar-refractivity contribution in [2.24, 2.45) is 5.92 Å². The molecule has 1 heterocycles. The summed E-state index contributed by atoms with van der Waals surface area (Å²) < 4.78 is 14.6. The van der Waals surface area contributed by atoms with Crippen LogP contribution >= 0.6 is 0 Å². The molecule has 1 aromatic heterocycles. The minimum absolute atomic E-state index is 0.0213. The smallest absolute Gasteiger partial charge is 0.303 e. The van der Waals surface area contributed by atoms with Crippen molar-refractivity contribution in [1.29, 1.82) is 0 Å². The van der Waals surface area contributed by atoms with Gasteiger partial charge in [0.1, 0.15) is 5.82 Å². The van der Waals surface area contributed by atoms with Crippen LogP contribution in [0.25, 0.3) is 0 Å². The van der Waals surface area contributed by atoms with Gasteiger partial charge < -0.3 is 10.4 Å². The van der Waals surface area contributed by atoms with Crippen LogP contribution in [-0.4, -0.2) is 38.5 Å². The topological polar surface area (TPSA) is 97.1 Å². The van der Waals surface area contributed by atoms with E-state index >= 15 is 0 Å². The highest BCUT2D eigenvalue weighted by molar-refractivity contribution is 5.91. The van der Waals surface area contributed by atoms with Gasteiger partial charge in [-0.2, -0.15) is 0 Å². The van der Waals surface area contributed by atoms with Crippen LogP contribution in [0.2, 0.25) is 0 Å². The Hall–Kier alpha value is -2.77. The van der Waals surface area contributed by atoms with Crippen molar-refractivity contribution in [2.75, 3.05) is 6.54 Å². The number of carboxylic acids is 1.